The fourth-order valence-corrected chi connectivity index (χ4v) is 4.16. The van der Waals surface area contributed by atoms with Crippen molar-refractivity contribution in [1.29, 1.82) is 0 Å². The number of fused-ring (bicyclic) bond motifs is 1. The van der Waals surface area contributed by atoms with Gasteiger partial charge >= 0.3 is 0 Å². The first kappa shape index (κ1) is 17.2. The lowest BCUT2D eigenvalue weighted by atomic mass is 9.99. The smallest absolute Gasteiger partial charge is 0.0891 e. The van der Waals surface area contributed by atoms with E-state index in [2.05, 4.69) is 21.9 Å². The van der Waals surface area contributed by atoms with Crippen molar-refractivity contribution in [2.75, 3.05) is 39.4 Å². The highest BCUT2D eigenvalue weighted by molar-refractivity contribution is 6.35. The maximum atomic E-state index is 10.6. The number of aromatic nitrogens is 1. The molecule has 0 spiro atoms. The van der Waals surface area contributed by atoms with Crippen molar-refractivity contribution in [3.8, 4) is 0 Å². The Bertz CT molecular complexity index is 736. The zero-order valence-corrected chi connectivity index (χ0v) is 15.0. The van der Waals surface area contributed by atoms with Gasteiger partial charge in [-0.1, -0.05) is 29.8 Å². The molecule has 134 valence electrons. The first-order valence-electron chi connectivity index (χ1n) is 8.97. The average Bonchev–Trinajstić information content (AvgIpc) is 2.63. The number of morpholine rings is 1. The third-order valence-corrected chi connectivity index (χ3v) is 5.56. The second-order valence-corrected chi connectivity index (χ2v) is 7.33. The van der Waals surface area contributed by atoms with Crippen molar-refractivity contribution >= 4 is 22.5 Å². The number of para-hydroxylation sites is 1. The normalized spacial score (nSPS) is 26.2. The average molecular weight is 362 g/mol. The molecule has 2 aliphatic rings. The van der Waals surface area contributed by atoms with Crippen molar-refractivity contribution < 1.29 is 9.84 Å². The molecule has 0 amide bonds. The van der Waals surface area contributed by atoms with Gasteiger partial charge in [0.05, 0.1) is 35.6 Å². The molecule has 0 bridgehead atoms. The first-order valence-corrected chi connectivity index (χ1v) is 9.35. The third kappa shape index (κ3) is 3.81. The number of aliphatic hydroxyl groups excluding tert-OH is 1. The minimum Gasteiger partial charge on any atom is -0.390 e. The standard InChI is InChI=1S/C19H24ClN3O2/c20-16-3-1-2-14-4-5-15(21-19(14)16)12-22-7-6-17(18(24)13-22)23-8-10-25-11-9-23/h1-5,17-18,24H,6-13H2/t17-,18-/m1/s1. The number of hydrogen-bond donors (Lipinski definition) is 1. The first-order chi connectivity index (χ1) is 12.2. The van der Waals surface area contributed by atoms with Crippen LogP contribution >= 0.6 is 11.6 Å². The summed E-state index contributed by atoms with van der Waals surface area (Å²) in [5.74, 6) is 0. The molecule has 0 saturated carbocycles. The Kier molecular flexibility index (Phi) is 5.20. The number of benzene rings is 1. The fourth-order valence-electron chi connectivity index (χ4n) is 3.93. The van der Waals surface area contributed by atoms with Gasteiger partial charge in [0.1, 0.15) is 0 Å². The molecule has 3 heterocycles. The number of β-amino-alcohol motifs (C(OH)–C–C–N with tert-alkyl or cyclic N) is 1. The molecule has 0 aliphatic carbocycles. The van der Waals surface area contributed by atoms with Crippen LogP contribution in [0.1, 0.15) is 12.1 Å². The number of nitrogens with zero attached hydrogens (tertiary/aromatic N) is 3. The largest absolute Gasteiger partial charge is 0.390 e. The number of halogens is 1. The van der Waals surface area contributed by atoms with Crippen LogP contribution in [0.3, 0.4) is 0 Å². The summed E-state index contributed by atoms with van der Waals surface area (Å²) < 4.78 is 5.42. The minimum atomic E-state index is -0.323. The van der Waals surface area contributed by atoms with Crippen molar-refractivity contribution in [3.63, 3.8) is 0 Å². The topological polar surface area (TPSA) is 48.8 Å². The summed E-state index contributed by atoms with van der Waals surface area (Å²) in [4.78, 5) is 9.38. The number of ether oxygens (including phenoxy) is 1. The molecule has 2 fully saturated rings. The molecule has 1 aromatic heterocycles. The molecule has 2 aromatic rings. The van der Waals surface area contributed by atoms with Crippen LogP contribution in [0.4, 0.5) is 0 Å². The number of aliphatic hydroxyl groups is 1. The maximum Gasteiger partial charge on any atom is 0.0891 e. The van der Waals surface area contributed by atoms with E-state index in [0.29, 0.717) is 11.6 Å². The molecule has 2 aliphatic heterocycles. The van der Waals surface area contributed by atoms with Gasteiger partial charge in [0.2, 0.25) is 0 Å². The third-order valence-electron chi connectivity index (χ3n) is 5.26. The lowest BCUT2D eigenvalue weighted by Gasteiger charge is -2.43. The van der Waals surface area contributed by atoms with Crippen molar-refractivity contribution in [1.82, 2.24) is 14.8 Å². The van der Waals surface area contributed by atoms with Gasteiger partial charge in [-0.05, 0) is 18.6 Å². The van der Waals surface area contributed by atoms with Crippen molar-refractivity contribution in [2.45, 2.75) is 25.1 Å². The number of piperidine rings is 1. The Labute approximate surface area is 153 Å². The molecule has 1 aromatic carbocycles. The van der Waals surface area contributed by atoms with E-state index in [4.69, 9.17) is 21.3 Å². The number of rotatable bonds is 3. The van der Waals surface area contributed by atoms with Gasteiger partial charge < -0.3 is 9.84 Å². The zero-order chi connectivity index (χ0) is 17.2. The monoisotopic (exact) mass is 361 g/mol. The van der Waals surface area contributed by atoms with Crippen LogP contribution in [-0.4, -0.2) is 71.4 Å². The van der Waals surface area contributed by atoms with Crippen LogP contribution in [0.25, 0.3) is 10.9 Å². The quantitative estimate of drug-likeness (QED) is 0.907. The summed E-state index contributed by atoms with van der Waals surface area (Å²) >= 11 is 6.27. The second-order valence-electron chi connectivity index (χ2n) is 6.92. The van der Waals surface area contributed by atoms with Crippen molar-refractivity contribution in [2.24, 2.45) is 0 Å². The van der Waals surface area contributed by atoms with E-state index in [-0.39, 0.29) is 12.1 Å². The molecule has 25 heavy (non-hydrogen) atoms. The highest BCUT2D eigenvalue weighted by atomic mass is 35.5. The summed E-state index contributed by atoms with van der Waals surface area (Å²) in [6.45, 7) is 5.79. The molecular formula is C19H24ClN3O2. The summed E-state index contributed by atoms with van der Waals surface area (Å²) in [6.07, 6.45) is 0.658. The minimum absolute atomic E-state index is 0.249. The molecule has 4 rings (SSSR count). The predicted molar refractivity (Wildman–Crippen MR) is 98.8 cm³/mol. The van der Waals surface area contributed by atoms with Crippen LogP contribution in [0, 0.1) is 0 Å². The van der Waals surface area contributed by atoms with Gasteiger partial charge in [0.15, 0.2) is 0 Å². The van der Waals surface area contributed by atoms with E-state index in [9.17, 15) is 5.11 Å². The fraction of sp³-hybridized carbons (Fsp3) is 0.526. The zero-order valence-electron chi connectivity index (χ0n) is 14.3. The van der Waals surface area contributed by atoms with Gasteiger partial charge in [0.25, 0.3) is 0 Å². The molecule has 1 N–H and O–H groups in total. The van der Waals surface area contributed by atoms with Crippen LogP contribution in [-0.2, 0) is 11.3 Å². The molecular weight excluding hydrogens is 338 g/mol. The molecule has 6 heteroatoms. The molecule has 0 unspecified atom stereocenters. The van der Waals surface area contributed by atoms with E-state index >= 15 is 0 Å². The Hall–Kier alpha value is -1.24. The highest BCUT2D eigenvalue weighted by Crippen LogP contribution is 2.23. The number of likely N-dealkylation sites (tertiary alicyclic amines) is 1. The van der Waals surface area contributed by atoms with Gasteiger partial charge in [-0.15, -0.1) is 0 Å². The highest BCUT2D eigenvalue weighted by Gasteiger charge is 2.32. The van der Waals surface area contributed by atoms with Crippen molar-refractivity contribution in [3.05, 3.63) is 41.0 Å². The maximum absolute atomic E-state index is 10.6. The molecule has 2 atom stereocenters. The van der Waals surface area contributed by atoms with E-state index in [1.807, 2.05) is 18.2 Å². The summed E-state index contributed by atoms with van der Waals surface area (Å²) in [5, 5.41) is 12.4. The van der Waals surface area contributed by atoms with E-state index in [1.54, 1.807) is 0 Å². The van der Waals surface area contributed by atoms with Gasteiger partial charge in [0, 0.05) is 44.2 Å². The SMILES string of the molecule is O[C@@H]1CN(Cc2ccc3cccc(Cl)c3n2)CC[C@H]1N1CCOCC1. The van der Waals surface area contributed by atoms with Gasteiger partial charge in [-0.2, -0.15) is 0 Å². The number of hydrogen-bond acceptors (Lipinski definition) is 5. The summed E-state index contributed by atoms with van der Waals surface area (Å²) in [5.41, 5.74) is 1.85. The molecule has 0 radical (unpaired) electrons. The lowest BCUT2D eigenvalue weighted by Crippen LogP contribution is -2.56. The van der Waals surface area contributed by atoms with E-state index in [0.717, 1.165) is 62.4 Å². The number of pyridine rings is 1. The summed E-state index contributed by atoms with van der Waals surface area (Å²) in [6, 6.07) is 10.2. The van der Waals surface area contributed by atoms with Crippen LogP contribution in [0.2, 0.25) is 5.02 Å². The van der Waals surface area contributed by atoms with Crippen LogP contribution in [0.5, 0.6) is 0 Å². The Morgan fingerprint density at radius 2 is 2.00 bits per heavy atom. The predicted octanol–water partition coefficient (Wildman–Crippen LogP) is 2.16. The lowest BCUT2D eigenvalue weighted by molar-refractivity contribution is -0.0535. The Morgan fingerprint density at radius 3 is 2.80 bits per heavy atom. The molecule has 5 nitrogen and oxygen atoms in total. The Balaban J connectivity index is 1.41. The van der Waals surface area contributed by atoms with Crippen LogP contribution < -0.4 is 0 Å². The van der Waals surface area contributed by atoms with Gasteiger partial charge in [-0.25, -0.2) is 4.98 Å². The van der Waals surface area contributed by atoms with E-state index in [1.165, 1.54) is 0 Å². The second kappa shape index (κ2) is 7.56. The van der Waals surface area contributed by atoms with E-state index < -0.39 is 0 Å². The molecule has 2 saturated heterocycles. The Morgan fingerprint density at radius 1 is 1.16 bits per heavy atom. The van der Waals surface area contributed by atoms with Crippen LogP contribution in [0.15, 0.2) is 30.3 Å². The van der Waals surface area contributed by atoms with Gasteiger partial charge in [-0.3, -0.25) is 9.80 Å². The summed E-state index contributed by atoms with van der Waals surface area (Å²) in [7, 11) is 0.